The van der Waals surface area contributed by atoms with Gasteiger partial charge in [-0.1, -0.05) is 0 Å². The highest BCUT2D eigenvalue weighted by Gasteiger charge is 2.46. The summed E-state index contributed by atoms with van der Waals surface area (Å²) in [4.78, 5) is 37.8. The molecule has 0 bridgehead atoms. The highest BCUT2D eigenvalue weighted by Crippen LogP contribution is 2.45. The molecule has 0 unspecified atom stereocenters. The molecule has 1 aliphatic heterocycles. The molecule has 1 atom stereocenters. The Morgan fingerprint density at radius 2 is 1.48 bits per heavy atom. The van der Waals surface area contributed by atoms with E-state index in [1.54, 1.807) is 0 Å². The average Bonchev–Trinajstić information content (AvgIpc) is 2.75. The zero-order chi connectivity index (χ0) is 17.5. The second-order valence-corrected chi connectivity index (χ2v) is 8.78. The number of halogens is 4. The molecule has 0 aliphatic carbocycles. The van der Waals surface area contributed by atoms with E-state index in [1.807, 2.05) is 6.26 Å². The average molecular weight is 595 g/mol. The number of amides is 2. The molecule has 0 saturated carbocycles. The zero-order valence-corrected chi connectivity index (χ0v) is 18.7. The summed E-state index contributed by atoms with van der Waals surface area (Å²) in [5, 5.41) is 9.43. The number of thioether (sulfide) groups is 1. The highest BCUT2D eigenvalue weighted by atomic mass is 79.9. The molecule has 0 aromatic heterocycles. The quantitative estimate of drug-likeness (QED) is 0.308. The molecule has 1 aromatic carbocycles. The SMILES string of the molecule is CSCC[C@@H](C(=O)O)N1C(=O)c2c(Br)c(Br)c(Br)c(Br)c2C1=O. The number of benzene rings is 1. The van der Waals surface area contributed by atoms with Crippen molar-refractivity contribution in [3.63, 3.8) is 0 Å². The van der Waals surface area contributed by atoms with Crippen LogP contribution in [0.4, 0.5) is 0 Å². The summed E-state index contributed by atoms with van der Waals surface area (Å²) in [6, 6.07) is -1.19. The molecule has 1 aliphatic rings. The third-order valence-electron chi connectivity index (χ3n) is 3.32. The molecular weight excluding hydrogens is 586 g/mol. The fourth-order valence-electron chi connectivity index (χ4n) is 2.24. The van der Waals surface area contributed by atoms with Gasteiger partial charge in [-0.3, -0.25) is 14.5 Å². The van der Waals surface area contributed by atoms with Gasteiger partial charge in [0.15, 0.2) is 0 Å². The number of carbonyl (C=O) groups excluding carboxylic acids is 2. The van der Waals surface area contributed by atoms with Crippen molar-refractivity contribution >= 4 is 93.3 Å². The first-order valence-corrected chi connectivity index (χ1v) is 10.8. The number of aliphatic carboxylic acids is 1. The van der Waals surface area contributed by atoms with E-state index >= 15 is 0 Å². The number of rotatable bonds is 5. The van der Waals surface area contributed by atoms with E-state index in [2.05, 4.69) is 63.7 Å². The van der Waals surface area contributed by atoms with Crippen molar-refractivity contribution < 1.29 is 19.5 Å². The van der Waals surface area contributed by atoms with E-state index in [0.29, 0.717) is 23.6 Å². The van der Waals surface area contributed by atoms with E-state index in [0.717, 1.165) is 4.90 Å². The summed E-state index contributed by atoms with van der Waals surface area (Å²) in [7, 11) is 0. The van der Waals surface area contributed by atoms with Crippen LogP contribution in [0.25, 0.3) is 0 Å². The van der Waals surface area contributed by atoms with Crippen LogP contribution in [-0.4, -0.2) is 45.8 Å². The smallest absolute Gasteiger partial charge is 0.326 e. The van der Waals surface area contributed by atoms with Gasteiger partial charge in [0.1, 0.15) is 6.04 Å². The van der Waals surface area contributed by atoms with Gasteiger partial charge in [-0.15, -0.1) is 0 Å². The Balaban J connectivity index is 2.59. The van der Waals surface area contributed by atoms with Gasteiger partial charge in [0.25, 0.3) is 11.8 Å². The Kier molecular flexibility index (Phi) is 6.38. The monoisotopic (exact) mass is 591 g/mol. The first-order valence-electron chi connectivity index (χ1n) is 6.19. The summed E-state index contributed by atoms with van der Waals surface area (Å²) in [5.74, 6) is -1.89. The Hall–Kier alpha value is 0.1000. The summed E-state index contributed by atoms with van der Waals surface area (Å²) >= 11 is 14.7. The Labute approximate surface area is 170 Å². The third-order valence-corrected chi connectivity index (χ3v) is 8.74. The normalized spacial score (nSPS) is 15.1. The number of carbonyl (C=O) groups is 3. The second-order valence-electron chi connectivity index (χ2n) is 4.62. The molecule has 23 heavy (non-hydrogen) atoms. The third kappa shape index (κ3) is 3.29. The maximum Gasteiger partial charge on any atom is 0.326 e. The predicted octanol–water partition coefficient (Wildman–Crippen LogP) is 4.54. The lowest BCUT2D eigenvalue weighted by Crippen LogP contribution is -2.45. The topological polar surface area (TPSA) is 74.7 Å². The molecular formula is C13H9Br4NO4S. The van der Waals surface area contributed by atoms with Crippen LogP contribution >= 0.6 is 75.5 Å². The lowest BCUT2D eigenvalue weighted by atomic mass is 10.1. The maximum atomic E-state index is 12.7. The van der Waals surface area contributed by atoms with Gasteiger partial charge in [-0.05, 0) is 82.1 Å². The molecule has 0 spiro atoms. The number of hydrogen-bond acceptors (Lipinski definition) is 4. The summed E-state index contributed by atoms with van der Waals surface area (Å²) < 4.78 is 1.97. The fraction of sp³-hybridized carbons (Fsp3) is 0.308. The molecule has 0 fully saturated rings. The zero-order valence-electron chi connectivity index (χ0n) is 11.5. The number of carboxylic acid groups (broad SMARTS) is 1. The molecule has 0 radical (unpaired) electrons. The van der Waals surface area contributed by atoms with Crippen LogP contribution < -0.4 is 0 Å². The van der Waals surface area contributed by atoms with Gasteiger partial charge >= 0.3 is 5.97 Å². The van der Waals surface area contributed by atoms with Crippen molar-refractivity contribution in [2.45, 2.75) is 12.5 Å². The van der Waals surface area contributed by atoms with E-state index in [4.69, 9.17) is 0 Å². The second kappa shape index (κ2) is 7.55. The molecule has 1 N–H and O–H groups in total. The number of imide groups is 1. The van der Waals surface area contributed by atoms with Crippen molar-refractivity contribution in [1.82, 2.24) is 4.90 Å². The van der Waals surface area contributed by atoms with Crippen LogP contribution in [0.3, 0.4) is 0 Å². The number of fused-ring (bicyclic) bond motifs is 1. The predicted molar refractivity (Wildman–Crippen MR) is 102 cm³/mol. The van der Waals surface area contributed by atoms with E-state index in [-0.39, 0.29) is 17.5 Å². The van der Waals surface area contributed by atoms with Gasteiger partial charge in [0.05, 0.1) is 11.1 Å². The molecule has 124 valence electrons. The lowest BCUT2D eigenvalue weighted by Gasteiger charge is -2.22. The molecule has 2 rings (SSSR count). The van der Waals surface area contributed by atoms with Crippen molar-refractivity contribution in [3.8, 4) is 0 Å². The first kappa shape index (κ1) is 19.4. The van der Waals surface area contributed by atoms with E-state index < -0.39 is 23.8 Å². The van der Waals surface area contributed by atoms with Crippen molar-refractivity contribution in [1.29, 1.82) is 0 Å². The van der Waals surface area contributed by atoms with Crippen LogP contribution in [0.15, 0.2) is 17.9 Å². The van der Waals surface area contributed by atoms with Gasteiger partial charge < -0.3 is 5.11 Å². The minimum Gasteiger partial charge on any atom is -0.480 e. The van der Waals surface area contributed by atoms with E-state index in [9.17, 15) is 19.5 Å². The van der Waals surface area contributed by atoms with Crippen molar-refractivity contribution in [2.24, 2.45) is 0 Å². The Morgan fingerprint density at radius 1 is 1.04 bits per heavy atom. The Morgan fingerprint density at radius 3 is 1.83 bits per heavy atom. The minimum atomic E-state index is -1.20. The molecule has 10 heteroatoms. The standard InChI is InChI=1S/C13H9Br4NO4S/c1-23-3-2-4(13(21)22)18-11(19)5-6(12(18)20)8(15)10(17)9(16)7(5)14/h4H,2-3H2,1H3,(H,21,22)/t4-/m0/s1. The molecule has 5 nitrogen and oxygen atoms in total. The van der Waals surface area contributed by atoms with Gasteiger partial charge in [0.2, 0.25) is 0 Å². The van der Waals surface area contributed by atoms with Crippen LogP contribution in [0.1, 0.15) is 27.1 Å². The van der Waals surface area contributed by atoms with Crippen LogP contribution in [0, 0.1) is 0 Å². The molecule has 1 heterocycles. The lowest BCUT2D eigenvalue weighted by molar-refractivity contribution is -0.141. The molecule has 1 aromatic rings. The first-order chi connectivity index (χ1) is 10.7. The largest absolute Gasteiger partial charge is 0.480 e. The minimum absolute atomic E-state index is 0.160. The van der Waals surface area contributed by atoms with Crippen LogP contribution in [-0.2, 0) is 4.79 Å². The molecule has 2 amide bonds. The number of hydrogen-bond donors (Lipinski definition) is 1. The van der Waals surface area contributed by atoms with Gasteiger partial charge in [-0.25, -0.2) is 4.79 Å². The maximum absolute atomic E-state index is 12.7. The number of carboxylic acids is 1. The van der Waals surface area contributed by atoms with E-state index in [1.165, 1.54) is 11.8 Å². The summed E-state index contributed by atoms with van der Waals surface area (Å²) in [6.07, 6.45) is 2.03. The number of nitrogens with zero attached hydrogens (tertiary/aromatic N) is 1. The van der Waals surface area contributed by atoms with Crippen molar-refractivity contribution in [2.75, 3.05) is 12.0 Å². The van der Waals surface area contributed by atoms with Crippen LogP contribution in [0.5, 0.6) is 0 Å². The summed E-state index contributed by atoms with van der Waals surface area (Å²) in [6.45, 7) is 0. The fourth-order valence-corrected chi connectivity index (χ4v) is 5.16. The summed E-state index contributed by atoms with van der Waals surface area (Å²) in [5.41, 5.74) is 0.319. The highest BCUT2D eigenvalue weighted by molar-refractivity contribution is 9.15. The molecule has 0 saturated heterocycles. The van der Waals surface area contributed by atoms with Gasteiger partial charge in [0, 0.05) is 17.9 Å². The van der Waals surface area contributed by atoms with Gasteiger partial charge in [-0.2, -0.15) is 11.8 Å². The van der Waals surface area contributed by atoms with Crippen LogP contribution in [0.2, 0.25) is 0 Å². The Bertz CT molecular complexity index is 678. The van der Waals surface area contributed by atoms with Crippen molar-refractivity contribution in [3.05, 3.63) is 29.0 Å².